The molecule has 0 unspecified atom stereocenters. The predicted octanol–water partition coefficient (Wildman–Crippen LogP) is 4.12. The van der Waals surface area contributed by atoms with Crippen molar-refractivity contribution in [3.8, 4) is 28.5 Å². The minimum Gasteiger partial charge on any atom is -0.377 e. The number of rotatable bonds is 7. The molecule has 0 bridgehead atoms. The Morgan fingerprint density at radius 3 is 2.60 bits per heavy atom. The lowest BCUT2D eigenvalue weighted by molar-refractivity contribution is 0.0578. The molecule has 5 heterocycles. The van der Waals surface area contributed by atoms with Gasteiger partial charge in [0.05, 0.1) is 30.0 Å². The maximum absolute atomic E-state index is 9.66. The Morgan fingerprint density at radius 1 is 1.11 bits per heavy atom. The van der Waals surface area contributed by atoms with Crippen molar-refractivity contribution in [2.24, 2.45) is 0 Å². The molecule has 1 N–H and O–H groups in total. The van der Waals surface area contributed by atoms with E-state index in [-0.39, 0.29) is 6.10 Å². The van der Waals surface area contributed by atoms with E-state index < -0.39 is 0 Å². The average molecular weight is 470 g/mol. The number of aromatic amines is 1. The van der Waals surface area contributed by atoms with E-state index in [1.807, 2.05) is 18.6 Å². The Hall–Kier alpha value is -3.67. The van der Waals surface area contributed by atoms with E-state index in [1.54, 1.807) is 10.7 Å². The number of H-pyrrole nitrogens is 1. The van der Waals surface area contributed by atoms with Crippen LogP contribution in [0.5, 0.6) is 0 Å². The highest BCUT2D eigenvalue weighted by atomic mass is 16.5. The average Bonchev–Trinajstić information content (AvgIpc) is 3.50. The van der Waals surface area contributed by atoms with Gasteiger partial charge in [-0.15, -0.1) is 0 Å². The van der Waals surface area contributed by atoms with Crippen molar-refractivity contribution >= 4 is 11.3 Å². The first-order chi connectivity index (χ1) is 17.0. The molecule has 4 aromatic rings. The summed E-state index contributed by atoms with van der Waals surface area (Å²) < 4.78 is 7.48. The molecule has 0 amide bonds. The van der Waals surface area contributed by atoms with Gasteiger partial charge in [0.15, 0.2) is 0 Å². The van der Waals surface area contributed by atoms with Crippen molar-refractivity contribution < 1.29 is 4.74 Å². The molecule has 35 heavy (non-hydrogen) atoms. The van der Waals surface area contributed by atoms with Crippen molar-refractivity contribution in [3.05, 3.63) is 60.2 Å². The number of piperazine rings is 1. The van der Waals surface area contributed by atoms with Crippen LogP contribution in [-0.2, 0) is 4.74 Å². The zero-order chi connectivity index (χ0) is 24.4. The Balaban J connectivity index is 1.37. The van der Waals surface area contributed by atoms with Gasteiger partial charge < -0.3 is 14.6 Å². The molecule has 0 spiro atoms. The zero-order valence-electron chi connectivity index (χ0n) is 20.5. The first-order valence-electron chi connectivity index (χ1n) is 12.1. The molecule has 0 atom stereocenters. The molecule has 4 aromatic heterocycles. The van der Waals surface area contributed by atoms with Crippen LogP contribution in [0.15, 0.2) is 49.1 Å². The summed E-state index contributed by atoms with van der Waals surface area (Å²) in [5.74, 6) is 0.980. The van der Waals surface area contributed by atoms with Gasteiger partial charge in [-0.1, -0.05) is 0 Å². The lowest BCUT2D eigenvalue weighted by Crippen LogP contribution is -2.47. The van der Waals surface area contributed by atoms with E-state index in [9.17, 15) is 5.26 Å². The van der Waals surface area contributed by atoms with E-state index >= 15 is 0 Å². The summed E-state index contributed by atoms with van der Waals surface area (Å²) in [4.78, 5) is 12.9. The Labute approximate surface area is 205 Å². The molecule has 1 fully saturated rings. The molecule has 8 heteroatoms. The zero-order valence-corrected chi connectivity index (χ0v) is 20.5. The van der Waals surface area contributed by atoms with Crippen LogP contribution in [0.2, 0.25) is 0 Å². The third-order valence-corrected chi connectivity index (χ3v) is 6.48. The van der Waals surface area contributed by atoms with Gasteiger partial charge >= 0.3 is 0 Å². The van der Waals surface area contributed by atoms with Gasteiger partial charge in [0.1, 0.15) is 11.9 Å². The number of aryl methyl sites for hydroxylation is 1. The predicted molar refractivity (Wildman–Crippen MR) is 137 cm³/mol. The molecule has 0 aliphatic carbocycles. The Kier molecular flexibility index (Phi) is 6.53. The van der Waals surface area contributed by atoms with Crippen LogP contribution in [0.1, 0.15) is 25.0 Å². The molecule has 1 aliphatic rings. The quantitative estimate of drug-likeness (QED) is 0.438. The SMILES string of the molecule is Cc1c[nH]c(-c2cc(-c3ccc(N4CCN(CCOC(C)C)CC4)nc3)c3c(C#N)cnn3c2)c1. The van der Waals surface area contributed by atoms with E-state index in [4.69, 9.17) is 9.72 Å². The van der Waals surface area contributed by atoms with Crippen molar-refractivity contribution in [2.45, 2.75) is 26.9 Å². The molecule has 180 valence electrons. The summed E-state index contributed by atoms with van der Waals surface area (Å²) in [6, 6.07) is 10.7. The summed E-state index contributed by atoms with van der Waals surface area (Å²) in [6.45, 7) is 11.9. The van der Waals surface area contributed by atoms with Crippen molar-refractivity contribution in [3.63, 3.8) is 0 Å². The number of anilines is 1. The minimum atomic E-state index is 0.277. The first-order valence-corrected chi connectivity index (χ1v) is 12.1. The van der Waals surface area contributed by atoms with Crippen LogP contribution in [0.3, 0.4) is 0 Å². The van der Waals surface area contributed by atoms with Crippen LogP contribution in [-0.4, -0.2) is 69.9 Å². The molecule has 1 aliphatic heterocycles. The molecule has 0 aromatic carbocycles. The second-order valence-electron chi connectivity index (χ2n) is 9.35. The molecule has 0 saturated carbocycles. The third-order valence-electron chi connectivity index (χ3n) is 6.48. The number of fused-ring (bicyclic) bond motifs is 1. The lowest BCUT2D eigenvalue weighted by Gasteiger charge is -2.35. The minimum absolute atomic E-state index is 0.277. The molecule has 0 radical (unpaired) electrons. The molecule has 1 saturated heterocycles. The number of hydrogen-bond donors (Lipinski definition) is 1. The van der Waals surface area contributed by atoms with Crippen LogP contribution in [0.25, 0.3) is 27.9 Å². The summed E-state index contributed by atoms with van der Waals surface area (Å²) >= 11 is 0. The number of nitrogens with zero attached hydrogens (tertiary/aromatic N) is 6. The lowest BCUT2D eigenvalue weighted by atomic mass is 10.0. The topological polar surface area (TPSA) is 85.5 Å². The third kappa shape index (κ3) is 4.92. The van der Waals surface area contributed by atoms with Crippen LogP contribution < -0.4 is 4.90 Å². The van der Waals surface area contributed by atoms with Gasteiger partial charge in [-0.25, -0.2) is 9.50 Å². The van der Waals surface area contributed by atoms with Crippen LogP contribution >= 0.6 is 0 Å². The Bertz CT molecular complexity index is 1340. The Morgan fingerprint density at radius 2 is 1.94 bits per heavy atom. The monoisotopic (exact) mass is 469 g/mol. The maximum Gasteiger partial charge on any atom is 0.128 e. The second-order valence-corrected chi connectivity index (χ2v) is 9.35. The van der Waals surface area contributed by atoms with Gasteiger partial charge in [0.25, 0.3) is 0 Å². The van der Waals surface area contributed by atoms with E-state index in [1.165, 1.54) is 5.56 Å². The van der Waals surface area contributed by atoms with Crippen molar-refractivity contribution in [1.82, 2.24) is 24.5 Å². The largest absolute Gasteiger partial charge is 0.377 e. The fourth-order valence-corrected chi connectivity index (χ4v) is 4.59. The fourth-order valence-electron chi connectivity index (χ4n) is 4.59. The second kappa shape index (κ2) is 9.90. The highest BCUT2D eigenvalue weighted by molar-refractivity contribution is 5.87. The van der Waals surface area contributed by atoms with Crippen LogP contribution in [0, 0.1) is 18.3 Å². The number of pyridine rings is 2. The van der Waals surface area contributed by atoms with Gasteiger partial charge in [-0.2, -0.15) is 10.4 Å². The highest BCUT2D eigenvalue weighted by Gasteiger charge is 2.19. The summed E-state index contributed by atoms with van der Waals surface area (Å²) in [7, 11) is 0. The van der Waals surface area contributed by atoms with Gasteiger partial charge in [-0.05, 0) is 50.6 Å². The van der Waals surface area contributed by atoms with Crippen molar-refractivity contribution in [2.75, 3.05) is 44.2 Å². The number of nitriles is 1. The number of nitrogens with one attached hydrogen (secondary N) is 1. The summed E-state index contributed by atoms with van der Waals surface area (Å²) in [5.41, 5.74) is 6.44. The van der Waals surface area contributed by atoms with Crippen LogP contribution in [0.4, 0.5) is 5.82 Å². The highest BCUT2D eigenvalue weighted by Crippen LogP contribution is 2.32. The first kappa shape index (κ1) is 23.1. The van der Waals surface area contributed by atoms with E-state index in [2.05, 4.69) is 71.0 Å². The number of aromatic nitrogens is 4. The number of ether oxygens (including phenoxy) is 1. The molecular weight excluding hydrogens is 438 g/mol. The van der Waals surface area contributed by atoms with Gasteiger partial charge in [-0.3, -0.25) is 4.90 Å². The smallest absolute Gasteiger partial charge is 0.128 e. The standard InChI is InChI=1S/C27H31N7O/c1-19(2)35-11-10-32-6-8-33(9-7-32)26-5-4-21(16-30-26)24-13-22(25-12-20(3)15-29-25)18-34-27(24)23(14-28)17-31-34/h4-5,12-13,15-19,29H,6-11H2,1-3H3. The number of hydrogen-bond acceptors (Lipinski definition) is 6. The van der Waals surface area contributed by atoms with Gasteiger partial charge in [0.2, 0.25) is 0 Å². The van der Waals surface area contributed by atoms with E-state index in [0.29, 0.717) is 5.56 Å². The molecular formula is C27H31N7O. The molecule has 5 rings (SSSR count). The normalized spacial score (nSPS) is 14.7. The van der Waals surface area contributed by atoms with E-state index in [0.717, 1.165) is 73.0 Å². The van der Waals surface area contributed by atoms with Crippen molar-refractivity contribution in [1.29, 1.82) is 5.26 Å². The maximum atomic E-state index is 9.66. The summed E-state index contributed by atoms with van der Waals surface area (Å²) in [6.07, 6.45) is 7.75. The molecule has 8 nitrogen and oxygen atoms in total. The van der Waals surface area contributed by atoms with Gasteiger partial charge in [0, 0.05) is 73.7 Å². The fraction of sp³-hybridized carbons (Fsp3) is 0.370. The summed E-state index contributed by atoms with van der Waals surface area (Å²) in [5, 5.41) is 14.1.